The van der Waals surface area contributed by atoms with Gasteiger partial charge in [0.1, 0.15) is 0 Å². The number of esters is 1. The second-order valence-corrected chi connectivity index (χ2v) is 4.49. The lowest BCUT2D eigenvalue weighted by molar-refractivity contribution is -0.186. The maximum Gasteiger partial charge on any atom is 0.421 e. The molecule has 0 aliphatic rings. The Morgan fingerprint density at radius 3 is 2.00 bits per heavy atom. The molecule has 15 heavy (non-hydrogen) atoms. The van der Waals surface area contributed by atoms with Crippen LogP contribution in [0.4, 0.5) is 13.2 Å². The predicted molar refractivity (Wildman–Crippen MR) is 42.6 cm³/mol. The fraction of sp³-hybridized carbons (Fsp3) is 0.833. The second-order valence-electron chi connectivity index (χ2n) is 2.73. The molecule has 0 bridgehead atoms. The quantitative estimate of drug-likeness (QED) is 0.590. The Hall–Kier alpha value is -0.830. The Morgan fingerprint density at radius 1 is 1.40 bits per heavy atom. The van der Waals surface area contributed by atoms with Crippen LogP contribution in [0, 0.1) is 0 Å². The molecule has 0 aromatic carbocycles. The SMILES string of the molecule is CCOC(=O)[C@](C)(C(F)(F)F)S(=O)(=O)O. The molecule has 0 aliphatic carbocycles. The van der Waals surface area contributed by atoms with Crippen molar-refractivity contribution in [3.05, 3.63) is 0 Å². The number of carbonyl (C=O) groups is 1. The number of halogens is 3. The molecule has 0 heterocycles. The van der Waals surface area contributed by atoms with Gasteiger partial charge in [-0.25, -0.2) is 4.79 Å². The smallest absolute Gasteiger partial charge is 0.421 e. The molecule has 0 aromatic heterocycles. The van der Waals surface area contributed by atoms with Gasteiger partial charge in [-0.05, 0) is 13.8 Å². The highest BCUT2D eigenvalue weighted by atomic mass is 32.2. The third kappa shape index (κ3) is 2.40. The molecule has 5 nitrogen and oxygen atoms in total. The summed E-state index contributed by atoms with van der Waals surface area (Å²) in [4.78, 5) is 10.9. The third-order valence-corrected chi connectivity index (χ3v) is 3.15. The molecule has 0 radical (unpaired) electrons. The largest absolute Gasteiger partial charge is 0.464 e. The van der Waals surface area contributed by atoms with Crippen LogP contribution in [-0.4, -0.2) is 36.5 Å². The number of alkyl halides is 3. The van der Waals surface area contributed by atoms with Crippen molar-refractivity contribution in [2.45, 2.75) is 24.8 Å². The van der Waals surface area contributed by atoms with E-state index in [-0.39, 0.29) is 6.92 Å². The molecule has 0 aromatic rings. The summed E-state index contributed by atoms with van der Waals surface area (Å²) in [6.45, 7) is 0.818. The van der Waals surface area contributed by atoms with Gasteiger partial charge in [0, 0.05) is 0 Å². The summed E-state index contributed by atoms with van der Waals surface area (Å²) >= 11 is 0. The normalized spacial score (nSPS) is 16.9. The summed E-state index contributed by atoms with van der Waals surface area (Å²) in [5.74, 6) is -2.06. The van der Waals surface area contributed by atoms with E-state index in [2.05, 4.69) is 4.74 Å². The van der Waals surface area contributed by atoms with Crippen molar-refractivity contribution in [3.63, 3.8) is 0 Å². The summed E-state index contributed by atoms with van der Waals surface area (Å²) in [7, 11) is -5.64. The molecular formula is C6H9F3O5S. The minimum Gasteiger partial charge on any atom is -0.464 e. The standard InChI is InChI=1S/C6H9F3O5S/c1-3-14-4(10)5(2,6(7,8)9)15(11,12)13/h3H2,1-2H3,(H,11,12,13)/t5-/m1/s1. The first-order valence-corrected chi connectivity index (χ1v) is 5.13. The minimum atomic E-state index is -5.64. The zero-order chi connectivity index (χ0) is 12.5. The van der Waals surface area contributed by atoms with Gasteiger partial charge in [-0.3, -0.25) is 4.55 Å². The average molecular weight is 250 g/mol. The van der Waals surface area contributed by atoms with E-state index in [1.54, 1.807) is 0 Å². The van der Waals surface area contributed by atoms with Crippen molar-refractivity contribution in [2.75, 3.05) is 6.61 Å². The van der Waals surface area contributed by atoms with Gasteiger partial charge in [0.25, 0.3) is 14.9 Å². The van der Waals surface area contributed by atoms with Crippen LogP contribution in [0.2, 0.25) is 0 Å². The Balaban J connectivity index is 5.54. The lowest BCUT2D eigenvalue weighted by Crippen LogP contribution is -2.56. The van der Waals surface area contributed by atoms with Crippen molar-refractivity contribution < 1.29 is 35.7 Å². The monoisotopic (exact) mass is 250 g/mol. The third-order valence-electron chi connectivity index (χ3n) is 1.72. The zero-order valence-corrected chi connectivity index (χ0v) is 8.65. The molecule has 9 heteroatoms. The van der Waals surface area contributed by atoms with Gasteiger partial charge >= 0.3 is 12.1 Å². The van der Waals surface area contributed by atoms with Gasteiger partial charge < -0.3 is 4.74 Å². The Kier molecular flexibility index (Phi) is 3.75. The topological polar surface area (TPSA) is 80.7 Å². The lowest BCUT2D eigenvalue weighted by atomic mass is 10.1. The minimum absolute atomic E-state index is 0.0420. The van der Waals surface area contributed by atoms with Crippen LogP contribution in [0.5, 0.6) is 0 Å². The Morgan fingerprint density at radius 2 is 1.80 bits per heavy atom. The summed E-state index contributed by atoms with van der Waals surface area (Å²) in [5.41, 5.74) is 0. The maximum atomic E-state index is 12.3. The van der Waals surface area contributed by atoms with Crippen molar-refractivity contribution in [1.29, 1.82) is 0 Å². The number of hydrogen-bond acceptors (Lipinski definition) is 4. The van der Waals surface area contributed by atoms with Crippen LogP contribution < -0.4 is 0 Å². The molecule has 0 saturated heterocycles. The first-order valence-electron chi connectivity index (χ1n) is 3.69. The predicted octanol–water partition coefficient (Wildman–Crippen LogP) is 0.758. The van der Waals surface area contributed by atoms with Gasteiger partial charge in [-0.1, -0.05) is 0 Å². The summed E-state index contributed by atoms with van der Waals surface area (Å²) in [6.07, 6.45) is -5.45. The van der Waals surface area contributed by atoms with E-state index < -0.39 is 33.6 Å². The van der Waals surface area contributed by atoms with Gasteiger partial charge in [0.2, 0.25) is 0 Å². The molecule has 0 amide bonds. The van der Waals surface area contributed by atoms with Crippen LogP contribution in [0.1, 0.15) is 13.8 Å². The van der Waals surface area contributed by atoms with E-state index in [0.717, 1.165) is 0 Å². The van der Waals surface area contributed by atoms with Crippen LogP contribution in [0.25, 0.3) is 0 Å². The first kappa shape index (κ1) is 14.2. The number of carbonyl (C=O) groups excluding carboxylic acids is 1. The average Bonchev–Trinajstić information content (AvgIpc) is 1.99. The molecule has 1 atom stereocenters. The van der Waals surface area contributed by atoms with Crippen LogP contribution in [-0.2, 0) is 19.6 Å². The van der Waals surface area contributed by atoms with E-state index in [0.29, 0.717) is 0 Å². The molecule has 0 fully saturated rings. The lowest BCUT2D eigenvalue weighted by Gasteiger charge is -2.25. The van der Waals surface area contributed by atoms with Crippen LogP contribution in [0.15, 0.2) is 0 Å². The van der Waals surface area contributed by atoms with Crippen molar-refractivity contribution in [1.82, 2.24) is 0 Å². The van der Waals surface area contributed by atoms with E-state index >= 15 is 0 Å². The molecule has 1 N–H and O–H groups in total. The summed E-state index contributed by atoms with van der Waals surface area (Å²) in [6, 6.07) is 0. The highest BCUT2D eigenvalue weighted by Gasteiger charge is 2.67. The summed E-state index contributed by atoms with van der Waals surface area (Å²) in [5, 5.41) is 0. The second kappa shape index (κ2) is 3.97. The van der Waals surface area contributed by atoms with E-state index in [1.807, 2.05) is 0 Å². The van der Waals surface area contributed by atoms with Crippen LogP contribution in [0.3, 0.4) is 0 Å². The van der Waals surface area contributed by atoms with Crippen molar-refractivity contribution in [3.8, 4) is 0 Å². The van der Waals surface area contributed by atoms with Crippen molar-refractivity contribution in [2.24, 2.45) is 0 Å². The van der Waals surface area contributed by atoms with Crippen LogP contribution >= 0.6 is 0 Å². The van der Waals surface area contributed by atoms with Gasteiger partial charge in [0.05, 0.1) is 6.61 Å². The fourth-order valence-electron chi connectivity index (χ4n) is 0.636. The van der Waals surface area contributed by atoms with E-state index in [4.69, 9.17) is 4.55 Å². The maximum absolute atomic E-state index is 12.3. The highest BCUT2D eigenvalue weighted by molar-refractivity contribution is 7.88. The van der Waals surface area contributed by atoms with Crippen molar-refractivity contribution >= 4 is 16.1 Å². The van der Waals surface area contributed by atoms with Gasteiger partial charge in [0.15, 0.2) is 0 Å². The summed E-state index contributed by atoms with van der Waals surface area (Å²) < 4.78 is 66.5. The van der Waals surface area contributed by atoms with Gasteiger partial charge in [-0.2, -0.15) is 21.6 Å². The molecule has 0 rings (SSSR count). The Bertz CT molecular complexity index is 346. The zero-order valence-electron chi connectivity index (χ0n) is 7.83. The molecule has 90 valence electrons. The van der Waals surface area contributed by atoms with E-state index in [1.165, 1.54) is 6.92 Å². The number of ether oxygens (including phenoxy) is 1. The molecule has 0 spiro atoms. The fourth-order valence-corrected chi connectivity index (χ4v) is 1.20. The van der Waals surface area contributed by atoms with Gasteiger partial charge in [-0.15, -0.1) is 0 Å². The molecule has 0 unspecified atom stereocenters. The first-order chi connectivity index (χ1) is 6.48. The molecular weight excluding hydrogens is 241 g/mol. The Labute approximate surface area is 84.0 Å². The number of rotatable bonds is 3. The number of hydrogen-bond donors (Lipinski definition) is 1. The van der Waals surface area contributed by atoms with E-state index in [9.17, 15) is 26.4 Å². The molecule has 0 saturated carbocycles. The molecule has 0 aliphatic heterocycles. The highest BCUT2D eigenvalue weighted by Crippen LogP contribution is 2.37.